The Labute approximate surface area is 131 Å². The lowest BCUT2D eigenvalue weighted by atomic mass is 9.70. The smallest absolute Gasteiger partial charge is 0.0689 e. The number of aliphatic hydroxyl groups is 1. The fourth-order valence-corrected chi connectivity index (χ4v) is 4.60. The standard InChI is InChI=1S/C18H35NO2/c1-6-19(7-2)13-15(20)9-11-21-16-12-14-8-10-18(16,5)17(14,3)4/h14-16,20H,6-13H2,1-5H3/t14-,15+,16-,18-/m1/s1. The Morgan fingerprint density at radius 2 is 1.90 bits per heavy atom. The lowest BCUT2D eigenvalue weighted by molar-refractivity contribution is -0.0562. The van der Waals surface area contributed by atoms with Gasteiger partial charge in [0.15, 0.2) is 0 Å². The molecule has 124 valence electrons. The second-order valence-electron chi connectivity index (χ2n) is 7.90. The van der Waals surface area contributed by atoms with Gasteiger partial charge in [-0.2, -0.15) is 0 Å². The van der Waals surface area contributed by atoms with Crippen LogP contribution in [-0.2, 0) is 4.74 Å². The summed E-state index contributed by atoms with van der Waals surface area (Å²) in [5.41, 5.74) is 0.749. The Morgan fingerprint density at radius 1 is 1.24 bits per heavy atom. The van der Waals surface area contributed by atoms with Gasteiger partial charge in [-0.25, -0.2) is 0 Å². The number of hydrogen-bond acceptors (Lipinski definition) is 3. The van der Waals surface area contributed by atoms with E-state index < -0.39 is 0 Å². The van der Waals surface area contributed by atoms with Gasteiger partial charge in [0.2, 0.25) is 0 Å². The van der Waals surface area contributed by atoms with Crippen LogP contribution in [0.5, 0.6) is 0 Å². The van der Waals surface area contributed by atoms with Crippen LogP contribution < -0.4 is 0 Å². The molecule has 1 N–H and O–H groups in total. The summed E-state index contributed by atoms with van der Waals surface area (Å²) in [5.74, 6) is 0.827. The van der Waals surface area contributed by atoms with Crippen LogP contribution in [0.1, 0.15) is 60.3 Å². The molecule has 0 aromatic carbocycles. The molecular weight excluding hydrogens is 262 g/mol. The van der Waals surface area contributed by atoms with Crippen LogP contribution >= 0.6 is 0 Å². The van der Waals surface area contributed by atoms with Gasteiger partial charge in [0.05, 0.1) is 12.2 Å². The minimum absolute atomic E-state index is 0.260. The Hall–Kier alpha value is -0.120. The fraction of sp³-hybridized carbons (Fsp3) is 1.00. The summed E-state index contributed by atoms with van der Waals surface area (Å²) in [6, 6.07) is 0. The fourth-order valence-electron chi connectivity index (χ4n) is 4.60. The summed E-state index contributed by atoms with van der Waals surface area (Å²) < 4.78 is 6.22. The third-order valence-corrected chi connectivity index (χ3v) is 6.85. The first-order chi connectivity index (χ1) is 9.85. The molecule has 0 saturated heterocycles. The normalized spacial score (nSPS) is 35.6. The molecule has 2 fully saturated rings. The van der Waals surface area contributed by atoms with Crippen molar-refractivity contribution >= 4 is 0 Å². The second-order valence-corrected chi connectivity index (χ2v) is 7.90. The topological polar surface area (TPSA) is 32.7 Å². The molecule has 21 heavy (non-hydrogen) atoms. The second kappa shape index (κ2) is 6.55. The highest BCUT2D eigenvalue weighted by Crippen LogP contribution is 2.66. The number of rotatable bonds is 8. The SMILES string of the molecule is CCN(CC)C[C@@H](O)CCO[C@@H]1C[C@H]2CC[C@@]1(C)C2(C)C. The van der Waals surface area contributed by atoms with E-state index in [4.69, 9.17) is 4.74 Å². The highest BCUT2D eigenvalue weighted by atomic mass is 16.5. The van der Waals surface area contributed by atoms with Gasteiger partial charge < -0.3 is 14.7 Å². The van der Waals surface area contributed by atoms with E-state index >= 15 is 0 Å². The predicted molar refractivity (Wildman–Crippen MR) is 87.4 cm³/mol. The van der Waals surface area contributed by atoms with Gasteiger partial charge in [0.25, 0.3) is 0 Å². The Bertz CT molecular complexity index is 340. The molecular formula is C18H35NO2. The lowest BCUT2D eigenvalue weighted by Gasteiger charge is -2.39. The van der Waals surface area contributed by atoms with E-state index in [-0.39, 0.29) is 6.10 Å². The van der Waals surface area contributed by atoms with Gasteiger partial charge in [-0.1, -0.05) is 34.6 Å². The summed E-state index contributed by atoms with van der Waals surface area (Å²) in [5, 5.41) is 10.1. The van der Waals surface area contributed by atoms with Gasteiger partial charge in [-0.3, -0.25) is 0 Å². The zero-order chi connectivity index (χ0) is 15.7. The molecule has 0 unspecified atom stereocenters. The average Bonchev–Trinajstić information content (AvgIpc) is 2.78. The third kappa shape index (κ3) is 3.16. The minimum Gasteiger partial charge on any atom is -0.392 e. The van der Waals surface area contributed by atoms with Gasteiger partial charge >= 0.3 is 0 Å². The highest BCUT2D eigenvalue weighted by molar-refractivity contribution is 5.11. The van der Waals surface area contributed by atoms with E-state index in [0.29, 0.717) is 23.5 Å². The first-order valence-electron chi connectivity index (χ1n) is 8.87. The first-order valence-corrected chi connectivity index (χ1v) is 8.87. The Kier molecular flexibility index (Phi) is 5.38. The van der Waals surface area contributed by atoms with Crippen molar-refractivity contribution in [3.8, 4) is 0 Å². The van der Waals surface area contributed by atoms with Gasteiger partial charge in [-0.05, 0) is 55.5 Å². The maximum atomic E-state index is 10.1. The number of fused-ring (bicyclic) bond motifs is 2. The van der Waals surface area contributed by atoms with E-state index in [1.54, 1.807) is 0 Å². The molecule has 0 aromatic heterocycles. The van der Waals surface area contributed by atoms with Crippen molar-refractivity contribution in [1.82, 2.24) is 4.90 Å². The highest BCUT2D eigenvalue weighted by Gasteiger charge is 2.61. The molecule has 0 heterocycles. The van der Waals surface area contributed by atoms with Crippen LogP contribution in [0.4, 0.5) is 0 Å². The van der Waals surface area contributed by atoms with Crippen molar-refractivity contribution in [2.24, 2.45) is 16.7 Å². The monoisotopic (exact) mass is 297 g/mol. The molecule has 2 saturated carbocycles. The van der Waals surface area contributed by atoms with E-state index in [1.807, 2.05) is 0 Å². The summed E-state index contributed by atoms with van der Waals surface area (Å²) >= 11 is 0. The molecule has 0 spiro atoms. The van der Waals surface area contributed by atoms with E-state index in [0.717, 1.165) is 32.0 Å². The van der Waals surface area contributed by atoms with Crippen LogP contribution in [0.25, 0.3) is 0 Å². The molecule has 2 rings (SSSR count). The number of aliphatic hydroxyl groups excluding tert-OH is 1. The molecule has 2 aliphatic carbocycles. The van der Waals surface area contributed by atoms with Crippen LogP contribution in [0.15, 0.2) is 0 Å². The Morgan fingerprint density at radius 3 is 2.38 bits per heavy atom. The van der Waals surface area contributed by atoms with Crippen LogP contribution in [0, 0.1) is 16.7 Å². The molecule has 2 bridgehead atoms. The summed E-state index contributed by atoms with van der Waals surface area (Å²) in [4.78, 5) is 2.27. The zero-order valence-electron chi connectivity index (χ0n) is 14.7. The zero-order valence-corrected chi connectivity index (χ0v) is 14.7. The van der Waals surface area contributed by atoms with E-state index in [2.05, 4.69) is 39.5 Å². The molecule has 4 atom stereocenters. The van der Waals surface area contributed by atoms with Crippen LogP contribution in [-0.4, -0.2) is 48.5 Å². The molecule has 0 radical (unpaired) electrons. The van der Waals surface area contributed by atoms with Crippen LogP contribution in [0.3, 0.4) is 0 Å². The number of nitrogens with zero attached hydrogens (tertiary/aromatic N) is 1. The minimum atomic E-state index is -0.260. The molecule has 2 aliphatic rings. The Balaban J connectivity index is 1.75. The first kappa shape index (κ1) is 17.2. The number of hydrogen-bond donors (Lipinski definition) is 1. The van der Waals surface area contributed by atoms with Crippen molar-refractivity contribution in [2.45, 2.75) is 72.5 Å². The number of ether oxygens (including phenoxy) is 1. The van der Waals surface area contributed by atoms with Gasteiger partial charge in [0.1, 0.15) is 0 Å². The van der Waals surface area contributed by atoms with E-state index in [9.17, 15) is 5.11 Å². The molecule has 3 heteroatoms. The average molecular weight is 297 g/mol. The van der Waals surface area contributed by atoms with Crippen molar-refractivity contribution in [2.75, 3.05) is 26.2 Å². The summed E-state index contributed by atoms with van der Waals surface area (Å²) in [6.45, 7) is 15.0. The maximum absolute atomic E-state index is 10.1. The van der Waals surface area contributed by atoms with Gasteiger partial charge in [-0.15, -0.1) is 0 Å². The van der Waals surface area contributed by atoms with Crippen molar-refractivity contribution < 1.29 is 9.84 Å². The van der Waals surface area contributed by atoms with Crippen molar-refractivity contribution in [3.63, 3.8) is 0 Å². The maximum Gasteiger partial charge on any atom is 0.0689 e. The number of likely N-dealkylation sites (N-methyl/N-ethyl adjacent to an activating group) is 1. The molecule has 0 amide bonds. The molecule has 3 nitrogen and oxygen atoms in total. The van der Waals surface area contributed by atoms with E-state index in [1.165, 1.54) is 19.3 Å². The summed E-state index contributed by atoms with van der Waals surface area (Å²) in [6.07, 6.45) is 4.78. The third-order valence-electron chi connectivity index (χ3n) is 6.85. The molecule has 0 aliphatic heterocycles. The largest absolute Gasteiger partial charge is 0.392 e. The molecule has 0 aromatic rings. The quantitative estimate of drug-likeness (QED) is 0.746. The van der Waals surface area contributed by atoms with Crippen molar-refractivity contribution in [1.29, 1.82) is 0 Å². The lowest BCUT2D eigenvalue weighted by Crippen LogP contribution is -2.38. The van der Waals surface area contributed by atoms with Gasteiger partial charge in [0, 0.05) is 13.2 Å². The predicted octanol–water partition coefficient (Wildman–Crippen LogP) is 3.31. The van der Waals surface area contributed by atoms with Crippen molar-refractivity contribution in [3.05, 3.63) is 0 Å². The summed E-state index contributed by atoms with van der Waals surface area (Å²) in [7, 11) is 0. The van der Waals surface area contributed by atoms with Crippen LogP contribution in [0.2, 0.25) is 0 Å².